The van der Waals surface area contributed by atoms with Crippen LogP contribution >= 0.6 is 0 Å². The normalized spacial score (nSPS) is 14.3. The smallest absolute Gasteiger partial charge is 0.272 e. The van der Waals surface area contributed by atoms with E-state index in [0.29, 0.717) is 56.0 Å². The molecular weight excluding hydrogens is 318 g/mol. The molecule has 1 N–H and O–H groups in total. The Balaban J connectivity index is 1.66. The van der Waals surface area contributed by atoms with E-state index in [0.717, 1.165) is 0 Å². The number of rotatable bonds is 5. The van der Waals surface area contributed by atoms with Crippen LogP contribution < -0.4 is 10.2 Å². The lowest BCUT2D eigenvalue weighted by molar-refractivity contribution is 0.0740. The minimum Gasteiger partial charge on any atom is -0.366 e. The number of anilines is 2. The molecule has 0 saturated carbocycles. The molecule has 2 aromatic heterocycles. The van der Waals surface area contributed by atoms with Crippen LogP contribution in [0.5, 0.6) is 0 Å². The van der Waals surface area contributed by atoms with Gasteiger partial charge in [0.25, 0.3) is 5.91 Å². The van der Waals surface area contributed by atoms with Crippen molar-refractivity contribution in [3.8, 4) is 0 Å². The predicted molar refractivity (Wildman–Crippen MR) is 95.6 cm³/mol. The van der Waals surface area contributed by atoms with Crippen molar-refractivity contribution in [1.82, 2.24) is 24.8 Å². The van der Waals surface area contributed by atoms with Crippen molar-refractivity contribution in [2.45, 2.75) is 6.92 Å². The quantitative estimate of drug-likeness (QED) is 0.817. The summed E-state index contributed by atoms with van der Waals surface area (Å²) in [5.74, 6) is 1.81. The number of carbonyl (C=O) groups is 1. The van der Waals surface area contributed by atoms with Crippen LogP contribution in [0, 0.1) is 6.92 Å². The molecule has 0 unspecified atom stereocenters. The van der Waals surface area contributed by atoms with E-state index >= 15 is 0 Å². The van der Waals surface area contributed by atoms with Crippen LogP contribution in [0.25, 0.3) is 0 Å². The molecule has 0 bridgehead atoms. The number of amides is 1. The number of hydrogen-bond donors (Lipinski definition) is 1. The van der Waals surface area contributed by atoms with E-state index in [2.05, 4.69) is 36.7 Å². The van der Waals surface area contributed by atoms with Crippen molar-refractivity contribution in [3.63, 3.8) is 0 Å². The van der Waals surface area contributed by atoms with E-state index < -0.39 is 0 Å². The van der Waals surface area contributed by atoms with Crippen molar-refractivity contribution in [2.24, 2.45) is 0 Å². The van der Waals surface area contributed by atoms with Crippen LogP contribution in [-0.4, -0.2) is 63.5 Å². The van der Waals surface area contributed by atoms with Crippen LogP contribution in [-0.2, 0) is 0 Å². The molecule has 130 valence electrons. The molecule has 1 aliphatic rings. The molecule has 1 amide bonds. The molecule has 8 heteroatoms. The highest BCUT2D eigenvalue weighted by Gasteiger charge is 2.24. The second-order valence-corrected chi connectivity index (χ2v) is 5.68. The number of nitrogens with zero attached hydrogens (tertiary/aromatic N) is 6. The number of hydrogen-bond acceptors (Lipinski definition) is 7. The van der Waals surface area contributed by atoms with Gasteiger partial charge in [-0.3, -0.25) is 4.79 Å². The summed E-state index contributed by atoms with van der Waals surface area (Å²) in [6.45, 7) is 8.63. The Bertz CT molecular complexity index is 742. The molecule has 0 atom stereocenters. The summed E-state index contributed by atoms with van der Waals surface area (Å²) in [7, 11) is 0. The van der Waals surface area contributed by atoms with Crippen molar-refractivity contribution >= 4 is 17.7 Å². The summed E-state index contributed by atoms with van der Waals surface area (Å²) in [4.78, 5) is 33.7. The zero-order valence-corrected chi connectivity index (χ0v) is 14.2. The van der Waals surface area contributed by atoms with Crippen molar-refractivity contribution in [1.29, 1.82) is 0 Å². The zero-order chi connectivity index (χ0) is 17.6. The van der Waals surface area contributed by atoms with Crippen molar-refractivity contribution in [2.75, 3.05) is 42.9 Å². The molecule has 1 saturated heterocycles. The van der Waals surface area contributed by atoms with Gasteiger partial charge in [-0.1, -0.05) is 6.08 Å². The zero-order valence-electron chi connectivity index (χ0n) is 14.2. The Morgan fingerprint density at radius 3 is 2.64 bits per heavy atom. The molecule has 0 aliphatic carbocycles. The fourth-order valence-electron chi connectivity index (χ4n) is 2.67. The van der Waals surface area contributed by atoms with Gasteiger partial charge in [0, 0.05) is 51.2 Å². The first-order valence-electron chi connectivity index (χ1n) is 8.19. The molecule has 3 rings (SSSR count). The molecule has 0 spiro atoms. The summed E-state index contributed by atoms with van der Waals surface area (Å²) >= 11 is 0. The molecule has 8 nitrogen and oxygen atoms in total. The number of aromatic nitrogens is 4. The van der Waals surface area contributed by atoms with E-state index in [4.69, 9.17) is 0 Å². The Labute approximate surface area is 146 Å². The van der Waals surface area contributed by atoms with E-state index in [1.807, 2.05) is 0 Å². The first-order chi connectivity index (χ1) is 12.2. The topological polar surface area (TPSA) is 87.1 Å². The second kappa shape index (κ2) is 7.69. The Morgan fingerprint density at radius 2 is 1.96 bits per heavy atom. The number of piperazine rings is 1. The van der Waals surface area contributed by atoms with Crippen LogP contribution in [0.1, 0.15) is 16.3 Å². The predicted octanol–water partition coefficient (Wildman–Crippen LogP) is 1.14. The number of nitrogens with one attached hydrogen (secondary N) is 1. The maximum Gasteiger partial charge on any atom is 0.272 e. The largest absolute Gasteiger partial charge is 0.366 e. The third kappa shape index (κ3) is 4.09. The van der Waals surface area contributed by atoms with Crippen molar-refractivity contribution in [3.05, 3.63) is 48.7 Å². The monoisotopic (exact) mass is 339 g/mol. The lowest BCUT2D eigenvalue weighted by Gasteiger charge is -2.34. The van der Waals surface area contributed by atoms with Gasteiger partial charge in [-0.15, -0.1) is 6.58 Å². The number of aryl methyl sites for hydroxylation is 1. The average Bonchev–Trinajstić information content (AvgIpc) is 2.66. The summed E-state index contributed by atoms with van der Waals surface area (Å²) in [6, 6.07) is 3.48. The van der Waals surface area contributed by atoms with Gasteiger partial charge in [-0.2, -0.15) is 0 Å². The van der Waals surface area contributed by atoms with Gasteiger partial charge in [-0.25, -0.2) is 19.9 Å². The van der Waals surface area contributed by atoms with Gasteiger partial charge in [0.05, 0.1) is 0 Å². The van der Waals surface area contributed by atoms with E-state index in [-0.39, 0.29) is 5.91 Å². The first kappa shape index (κ1) is 16.8. The van der Waals surface area contributed by atoms with E-state index in [1.54, 1.807) is 42.4 Å². The molecule has 0 aromatic carbocycles. The summed E-state index contributed by atoms with van der Waals surface area (Å²) in [5.41, 5.74) is 0.406. The average molecular weight is 339 g/mol. The molecule has 0 radical (unpaired) electrons. The van der Waals surface area contributed by atoms with E-state index in [9.17, 15) is 4.79 Å². The Morgan fingerprint density at radius 1 is 1.24 bits per heavy atom. The maximum absolute atomic E-state index is 12.8. The van der Waals surface area contributed by atoms with Crippen LogP contribution in [0.3, 0.4) is 0 Å². The Kier molecular flexibility index (Phi) is 5.17. The minimum atomic E-state index is -0.0826. The van der Waals surface area contributed by atoms with Gasteiger partial charge < -0.3 is 15.1 Å². The molecule has 1 fully saturated rings. The maximum atomic E-state index is 12.8. The molecule has 25 heavy (non-hydrogen) atoms. The fraction of sp³-hybridized carbons (Fsp3) is 0.353. The van der Waals surface area contributed by atoms with Crippen LogP contribution in [0.4, 0.5) is 11.8 Å². The summed E-state index contributed by atoms with van der Waals surface area (Å²) in [5, 5.41) is 3.10. The van der Waals surface area contributed by atoms with E-state index in [1.165, 1.54) is 0 Å². The SMILES string of the molecule is C=CCNc1cc(C(=O)N2CCN(c3ncccn3)CC2)nc(C)n1. The van der Waals surface area contributed by atoms with Crippen LogP contribution in [0.15, 0.2) is 37.2 Å². The van der Waals surface area contributed by atoms with Gasteiger partial charge in [0.1, 0.15) is 17.3 Å². The molecular formula is C17H21N7O. The molecule has 2 aromatic rings. The van der Waals surface area contributed by atoms with Gasteiger partial charge in [0.2, 0.25) is 5.95 Å². The summed E-state index contributed by atoms with van der Waals surface area (Å²) < 4.78 is 0. The third-order valence-electron chi connectivity index (χ3n) is 3.89. The van der Waals surface area contributed by atoms with Gasteiger partial charge >= 0.3 is 0 Å². The lowest BCUT2D eigenvalue weighted by atomic mass is 10.2. The first-order valence-corrected chi connectivity index (χ1v) is 8.19. The highest BCUT2D eigenvalue weighted by Crippen LogP contribution is 2.14. The molecule has 1 aliphatic heterocycles. The minimum absolute atomic E-state index is 0.0826. The number of carbonyl (C=O) groups excluding carboxylic acids is 1. The third-order valence-corrected chi connectivity index (χ3v) is 3.89. The lowest BCUT2D eigenvalue weighted by Crippen LogP contribution is -2.49. The Hall–Kier alpha value is -3.03. The standard InChI is InChI=1S/C17H21N7O/c1-3-5-18-15-12-14(21-13(2)22-15)16(25)23-8-10-24(11-9-23)17-19-6-4-7-20-17/h3-4,6-7,12H,1,5,8-11H2,2H3,(H,18,21,22). The molecule has 3 heterocycles. The highest BCUT2D eigenvalue weighted by atomic mass is 16.2. The van der Waals surface area contributed by atoms with Gasteiger partial charge in [-0.05, 0) is 13.0 Å². The van der Waals surface area contributed by atoms with Crippen molar-refractivity contribution < 1.29 is 4.79 Å². The second-order valence-electron chi connectivity index (χ2n) is 5.68. The van der Waals surface area contributed by atoms with Crippen LogP contribution in [0.2, 0.25) is 0 Å². The van der Waals surface area contributed by atoms with Gasteiger partial charge in [0.15, 0.2) is 0 Å². The highest BCUT2D eigenvalue weighted by molar-refractivity contribution is 5.93. The summed E-state index contributed by atoms with van der Waals surface area (Å²) in [6.07, 6.45) is 5.19. The fourth-order valence-corrected chi connectivity index (χ4v) is 2.67.